The first-order valence-corrected chi connectivity index (χ1v) is 7.77. The summed E-state index contributed by atoms with van der Waals surface area (Å²) >= 11 is 0. The van der Waals surface area contributed by atoms with Gasteiger partial charge in [-0.15, -0.1) is 0 Å². The van der Waals surface area contributed by atoms with E-state index in [1.165, 1.54) is 0 Å². The van der Waals surface area contributed by atoms with Crippen LogP contribution in [0.4, 0.5) is 5.88 Å². The van der Waals surface area contributed by atoms with Crippen molar-refractivity contribution < 1.29 is 23.7 Å². The van der Waals surface area contributed by atoms with Gasteiger partial charge in [0, 0.05) is 0 Å². The number of benzene rings is 1. The highest BCUT2D eigenvalue weighted by Gasteiger charge is 2.20. The van der Waals surface area contributed by atoms with Crippen molar-refractivity contribution in [1.29, 1.82) is 0 Å². The molecule has 1 unspecified atom stereocenters. The second-order valence-electron chi connectivity index (χ2n) is 5.29. The van der Waals surface area contributed by atoms with Gasteiger partial charge in [-0.1, -0.05) is 43.7 Å². The maximum absolute atomic E-state index is 12.0. The number of carbonyl (C=O) groups excluding carboxylic acids is 2. The molecule has 0 aliphatic heterocycles. The van der Waals surface area contributed by atoms with Crippen molar-refractivity contribution >= 4 is 17.8 Å². The first-order chi connectivity index (χ1) is 12.0. The van der Waals surface area contributed by atoms with Crippen LogP contribution in [0.2, 0.25) is 0 Å². The highest BCUT2D eigenvalue weighted by molar-refractivity contribution is 5.89. The maximum atomic E-state index is 12.0. The van der Waals surface area contributed by atoms with Crippen molar-refractivity contribution in [2.45, 2.75) is 25.8 Å². The summed E-state index contributed by atoms with van der Waals surface area (Å²) in [5, 5.41) is 13.3. The molecule has 2 aromatic rings. The molecule has 0 fully saturated rings. The molecule has 0 saturated carbocycles. The summed E-state index contributed by atoms with van der Waals surface area (Å²) in [4.78, 5) is 33.5. The molecule has 1 aromatic heterocycles. The van der Waals surface area contributed by atoms with Gasteiger partial charge in [0.2, 0.25) is 5.76 Å². The molecule has 1 heterocycles. The van der Waals surface area contributed by atoms with Gasteiger partial charge >= 0.3 is 11.9 Å². The summed E-state index contributed by atoms with van der Waals surface area (Å²) < 4.78 is 9.55. The molecule has 0 saturated heterocycles. The van der Waals surface area contributed by atoms with Gasteiger partial charge in [-0.25, -0.2) is 4.79 Å². The van der Waals surface area contributed by atoms with Crippen LogP contribution in [-0.4, -0.2) is 23.4 Å². The summed E-state index contributed by atoms with van der Waals surface area (Å²) in [6.07, 6.45) is 1.61. The molecule has 1 atom stereocenters. The van der Waals surface area contributed by atoms with Crippen molar-refractivity contribution in [3.8, 4) is 0 Å². The fourth-order valence-electron chi connectivity index (χ4n) is 2.27. The van der Waals surface area contributed by atoms with E-state index in [9.17, 15) is 19.7 Å². The summed E-state index contributed by atoms with van der Waals surface area (Å²) in [7, 11) is 0. The van der Waals surface area contributed by atoms with Crippen LogP contribution in [0.15, 0.2) is 46.9 Å². The van der Waals surface area contributed by atoms with E-state index in [4.69, 9.17) is 9.15 Å². The van der Waals surface area contributed by atoms with E-state index in [2.05, 4.69) is 5.32 Å². The molecule has 2 rings (SSSR count). The third kappa shape index (κ3) is 5.17. The Balaban J connectivity index is 1.90. The zero-order chi connectivity index (χ0) is 18.2. The first-order valence-electron chi connectivity index (χ1n) is 7.77. The van der Waals surface area contributed by atoms with Gasteiger partial charge in [-0.05, 0) is 18.1 Å². The smallest absolute Gasteiger partial charge is 0.433 e. The van der Waals surface area contributed by atoms with Crippen molar-refractivity contribution in [3.05, 3.63) is 63.9 Å². The van der Waals surface area contributed by atoms with Crippen molar-refractivity contribution in [1.82, 2.24) is 5.32 Å². The number of nitrogens with one attached hydrogen (secondary N) is 1. The normalized spacial score (nSPS) is 11.6. The van der Waals surface area contributed by atoms with E-state index in [1.807, 2.05) is 37.3 Å². The van der Waals surface area contributed by atoms with Gasteiger partial charge in [0.25, 0.3) is 5.91 Å². The minimum Gasteiger partial charge on any atom is -0.450 e. The number of hydrogen-bond donors (Lipinski definition) is 1. The minimum atomic E-state index is -0.935. The monoisotopic (exact) mass is 346 g/mol. The Labute approximate surface area is 143 Å². The number of carbonyl (C=O) groups is 2. The van der Waals surface area contributed by atoms with Crippen LogP contribution in [0.25, 0.3) is 0 Å². The number of esters is 1. The Morgan fingerprint density at radius 2 is 1.96 bits per heavy atom. The number of nitro groups is 1. The lowest BCUT2D eigenvalue weighted by Gasteiger charge is -2.18. The number of furan rings is 1. The number of rotatable bonds is 8. The number of nitrogens with zero attached hydrogens (tertiary/aromatic N) is 1. The van der Waals surface area contributed by atoms with Gasteiger partial charge in [-0.3, -0.25) is 14.9 Å². The molecule has 8 heteroatoms. The van der Waals surface area contributed by atoms with E-state index in [1.54, 1.807) is 0 Å². The lowest BCUT2D eigenvalue weighted by molar-refractivity contribution is -0.402. The molecular formula is C17H18N2O6. The van der Waals surface area contributed by atoms with Crippen LogP contribution in [0, 0.1) is 10.1 Å². The Kier molecular flexibility index (Phi) is 6.27. The van der Waals surface area contributed by atoms with Gasteiger partial charge in [0.15, 0.2) is 6.61 Å². The quantitative estimate of drug-likeness (QED) is 0.447. The largest absolute Gasteiger partial charge is 0.450 e. The average Bonchev–Trinajstić information content (AvgIpc) is 3.10. The Hall–Kier alpha value is -3.16. The minimum absolute atomic E-state index is 0.179. The Morgan fingerprint density at radius 1 is 1.24 bits per heavy atom. The average molecular weight is 346 g/mol. The van der Waals surface area contributed by atoms with Crippen LogP contribution in [0.3, 0.4) is 0 Å². The standard InChI is InChI=1S/C17H18N2O6/c1-2-6-13(12-7-4-3-5-8-12)18-15(20)11-24-17(21)14-9-10-16(25-14)19(22)23/h3-5,7-10,13H,2,6,11H2,1H3,(H,18,20). The Bertz CT molecular complexity index is 741. The van der Waals surface area contributed by atoms with E-state index >= 15 is 0 Å². The molecule has 0 radical (unpaired) electrons. The van der Waals surface area contributed by atoms with Crippen molar-refractivity contribution in [3.63, 3.8) is 0 Å². The molecule has 0 bridgehead atoms. The van der Waals surface area contributed by atoms with E-state index in [0.29, 0.717) is 0 Å². The van der Waals surface area contributed by atoms with Gasteiger partial charge in [0.1, 0.15) is 4.92 Å². The lowest BCUT2D eigenvalue weighted by atomic mass is 10.0. The third-order valence-corrected chi connectivity index (χ3v) is 3.42. The van der Waals surface area contributed by atoms with Gasteiger partial charge in [0.05, 0.1) is 12.1 Å². The first kappa shape index (κ1) is 18.2. The molecule has 8 nitrogen and oxygen atoms in total. The predicted molar refractivity (Wildman–Crippen MR) is 87.9 cm³/mol. The van der Waals surface area contributed by atoms with E-state index < -0.39 is 29.3 Å². The number of ether oxygens (including phenoxy) is 1. The molecule has 132 valence electrons. The van der Waals surface area contributed by atoms with Crippen LogP contribution in [-0.2, 0) is 9.53 Å². The molecular weight excluding hydrogens is 328 g/mol. The zero-order valence-corrected chi connectivity index (χ0v) is 13.6. The van der Waals surface area contributed by atoms with Crippen LogP contribution in [0.1, 0.15) is 41.9 Å². The summed E-state index contributed by atoms with van der Waals surface area (Å²) in [6.45, 7) is 1.51. The Morgan fingerprint density at radius 3 is 2.56 bits per heavy atom. The van der Waals surface area contributed by atoms with Gasteiger partial charge in [-0.2, -0.15) is 0 Å². The summed E-state index contributed by atoms with van der Waals surface area (Å²) in [5.74, 6) is -2.29. The fraction of sp³-hybridized carbons (Fsp3) is 0.294. The van der Waals surface area contributed by atoms with Crippen molar-refractivity contribution in [2.75, 3.05) is 6.61 Å². The van der Waals surface area contributed by atoms with E-state index in [0.717, 1.165) is 30.5 Å². The summed E-state index contributed by atoms with van der Waals surface area (Å²) in [6, 6.07) is 11.5. The molecule has 0 aliphatic carbocycles. The number of amides is 1. The zero-order valence-electron chi connectivity index (χ0n) is 13.6. The third-order valence-electron chi connectivity index (χ3n) is 3.42. The maximum Gasteiger partial charge on any atom is 0.433 e. The second-order valence-corrected chi connectivity index (χ2v) is 5.29. The van der Waals surface area contributed by atoms with E-state index in [-0.39, 0.29) is 11.8 Å². The predicted octanol–water partition coefficient (Wildman–Crippen LogP) is 3.00. The number of hydrogen-bond acceptors (Lipinski definition) is 6. The van der Waals surface area contributed by atoms with Crippen LogP contribution >= 0.6 is 0 Å². The second kappa shape index (κ2) is 8.62. The molecule has 1 amide bonds. The lowest BCUT2D eigenvalue weighted by Crippen LogP contribution is -2.32. The fourth-order valence-corrected chi connectivity index (χ4v) is 2.27. The molecule has 25 heavy (non-hydrogen) atoms. The summed E-state index contributed by atoms with van der Waals surface area (Å²) in [5.41, 5.74) is 0.964. The topological polar surface area (TPSA) is 112 Å². The molecule has 0 spiro atoms. The highest BCUT2D eigenvalue weighted by Crippen LogP contribution is 2.18. The van der Waals surface area contributed by atoms with Crippen LogP contribution in [0.5, 0.6) is 0 Å². The van der Waals surface area contributed by atoms with Gasteiger partial charge < -0.3 is 14.5 Å². The van der Waals surface area contributed by atoms with Crippen LogP contribution < -0.4 is 5.32 Å². The highest BCUT2D eigenvalue weighted by atomic mass is 16.7. The van der Waals surface area contributed by atoms with Crippen molar-refractivity contribution in [2.24, 2.45) is 0 Å². The molecule has 1 aromatic carbocycles. The molecule has 1 N–H and O–H groups in total. The SMILES string of the molecule is CCCC(NC(=O)COC(=O)c1ccc([N+](=O)[O-])o1)c1ccccc1. The molecule has 0 aliphatic rings.